The molecule has 4 nitrogen and oxygen atoms in total. The van der Waals surface area contributed by atoms with Gasteiger partial charge in [-0.3, -0.25) is 4.79 Å². The van der Waals surface area contributed by atoms with E-state index in [4.69, 9.17) is 5.11 Å². The largest absolute Gasteiger partial charge is 0.481 e. The fourth-order valence-corrected chi connectivity index (χ4v) is 2.39. The number of carboxylic acid groups (broad SMARTS) is 1. The molecule has 18 heavy (non-hydrogen) atoms. The predicted molar refractivity (Wildman–Crippen MR) is 71.4 cm³/mol. The molecule has 0 radical (unpaired) electrons. The lowest BCUT2D eigenvalue weighted by Gasteiger charge is -2.15. The van der Waals surface area contributed by atoms with Gasteiger partial charge in [0.15, 0.2) is 0 Å². The Labute approximate surface area is 113 Å². The number of aliphatic carboxylic acids is 1. The number of aromatic nitrogens is 2. The predicted octanol–water partition coefficient (Wildman–Crippen LogP) is 2.79. The minimum absolute atomic E-state index is 0.0291. The highest BCUT2D eigenvalue weighted by Crippen LogP contribution is 2.28. The molecule has 94 valence electrons. The molecular weight excluding hydrogens is 296 g/mol. The number of imidazole rings is 1. The second-order valence-electron chi connectivity index (χ2n) is 4.10. The van der Waals surface area contributed by atoms with Crippen molar-refractivity contribution in [3.05, 3.63) is 52.5 Å². The van der Waals surface area contributed by atoms with Crippen LogP contribution in [0.2, 0.25) is 0 Å². The van der Waals surface area contributed by atoms with Gasteiger partial charge >= 0.3 is 5.97 Å². The standard InChI is InChI=1S/C13H13BrN2O2/c1-16-6-5-15-13(16)11(8-12(17)18)9-3-2-4-10(14)7-9/h2-7,11H,8H2,1H3,(H,17,18). The van der Waals surface area contributed by atoms with Crippen LogP contribution in [-0.2, 0) is 11.8 Å². The molecule has 1 N–H and O–H groups in total. The number of halogens is 1. The van der Waals surface area contributed by atoms with Gasteiger partial charge in [0.05, 0.1) is 12.3 Å². The molecule has 1 aromatic heterocycles. The number of rotatable bonds is 4. The van der Waals surface area contributed by atoms with Crippen LogP contribution in [0.5, 0.6) is 0 Å². The summed E-state index contributed by atoms with van der Waals surface area (Å²) >= 11 is 3.40. The van der Waals surface area contributed by atoms with Gasteiger partial charge < -0.3 is 9.67 Å². The van der Waals surface area contributed by atoms with Crippen LogP contribution in [0.25, 0.3) is 0 Å². The Morgan fingerprint density at radius 1 is 1.56 bits per heavy atom. The van der Waals surface area contributed by atoms with Crippen molar-refractivity contribution in [3.8, 4) is 0 Å². The Balaban J connectivity index is 2.43. The van der Waals surface area contributed by atoms with Crippen molar-refractivity contribution in [2.75, 3.05) is 0 Å². The molecule has 5 heteroatoms. The van der Waals surface area contributed by atoms with Crippen LogP contribution < -0.4 is 0 Å². The average molecular weight is 309 g/mol. The molecule has 0 saturated heterocycles. The summed E-state index contributed by atoms with van der Waals surface area (Å²) in [6, 6.07) is 7.67. The van der Waals surface area contributed by atoms with Gasteiger partial charge in [-0.15, -0.1) is 0 Å². The summed E-state index contributed by atoms with van der Waals surface area (Å²) in [4.78, 5) is 15.3. The Kier molecular flexibility index (Phi) is 3.81. The summed E-state index contributed by atoms with van der Waals surface area (Å²) in [5.41, 5.74) is 0.945. The van der Waals surface area contributed by atoms with E-state index in [2.05, 4.69) is 20.9 Å². The number of carbonyl (C=O) groups is 1. The van der Waals surface area contributed by atoms with Gasteiger partial charge in [0.2, 0.25) is 0 Å². The molecule has 0 aliphatic carbocycles. The first-order chi connectivity index (χ1) is 8.58. The lowest BCUT2D eigenvalue weighted by atomic mass is 9.95. The molecule has 0 bridgehead atoms. The van der Waals surface area contributed by atoms with E-state index in [1.54, 1.807) is 6.20 Å². The van der Waals surface area contributed by atoms with Crippen molar-refractivity contribution in [1.82, 2.24) is 9.55 Å². The van der Waals surface area contributed by atoms with E-state index in [1.165, 1.54) is 0 Å². The number of hydrogen-bond donors (Lipinski definition) is 1. The van der Waals surface area contributed by atoms with Gasteiger partial charge in [-0.05, 0) is 17.7 Å². The number of carboxylic acids is 1. The first-order valence-corrected chi connectivity index (χ1v) is 6.31. The molecule has 0 saturated carbocycles. The van der Waals surface area contributed by atoms with E-state index < -0.39 is 5.97 Å². The normalized spacial score (nSPS) is 12.3. The molecule has 1 unspecified atom stereocenters. The molecule has 0 fully saturated rings. The molecule has 0 spiro atoms. The van der Waals surface area contributed by atoms with Crippen molar-refractivity contribution in [2.24, 2.45) is 7.05 Å². The highest BCUT2D eigenvalue weighted by Gasteiger charge is 2.21. The first-order valence-electron chi connectivity index (χ1n) is 5.52. The van der Waals surface area contributed by atoms with E-state index in [0.29, 0.717) is 0 Å². The van der Waals surface area contributed by atoms with Gasteiger partial charge in [-0.25, -0.2) is 4.98 Å². The minimum Gasteiger partial charge on any atom is -0.481 e. The molecule has 1 aromatic carbocycles. The zero-order valence-corrected chi connectivity index (χ0v) is 11.5. The maximum absolute atomic E-state index is 11.0. The summed E-state index contributed by atoms with van der Waals surface area (Å²) in [5, 5.41) is 9.06. The molecule has 2 aromatic rings. The fraction of sp³-hybridized carbons (Fsp3) is 0.231. The van der Waals surface area contributed by atoms with Crippen LogP contribution >= 0.6 is 15.9 Å². The van der Waals surface area contributed by atoms with Gasteiger partial charge in [0.25, 0.3) is 0 Å². The lowest BCUT2D eigenvalue weighted by Crippen LogP contribution is -2.12. The maximum atomic E-state index is 11.0. The fourth-order valence-electron chi connectivity index (χ4n) is 1.97. The highest BCUT2D eigenvalue weighted by atomic mass is 79.9. The Morgan fingerprint density at radius 3 is 2.89 bits per heavy atom. The monoisotopic (exact) mass is 308 g/mol. The molecule has 2 rings (SSSR count). The Hall–Kier alpha value is -1.62. The van der Waals surface area contributed by atoms with Crippen molar-refractivity contribution in [2.45, 2.75) is 12.3 Å². The van der Waals surface area contributed by atoms with Crippen LogP contribution in [0.3, 0.4) is 0 Å². The van der Waals surface area contributed by atoms with E-state index in [1.807, 2.05) is 42.1 Å². The van der Waals surface area contributed by atoms with E-state index >= 15 is 0 Å². The zero-order valence-electron chi connectivity index (χ0n) is 9.88. The summed E-state index contributed by atoms with van der Waals surface area (Å²) < 4.78 is 2.79. The van der Waals surface area contributed by atoms with Gasteiger partial charge in [0.1, 0.15) is 5.82 Å². The van der Waals surface area contributed by atoms with Crippen LogP contribution in [0.15, 0.2) is 41.1 Å². The maximum Gasteiger partial charge on any atom is 0.304 e. The number of benzene rings is 1. The molecule has 1 atom stereocenters. The van der Waals surface area contributed by atoms with E-state index in [9.17, 15) is 4.79 Å². The smallest absolute Gasteiger partial charge is 0.304 e. The van der Waals surface area contributed by atoms with Crippen LogP contribution in [-0.4, -0.2) is 20.6 Å². The van der Waals surface area contributed by atoms with Crippen molar-refractivity contribution >= 4 is 21.9 Å². The summed E-state index contributed by atoms with van der Waals surface area (Å²) in [5.74, 6) is -0.307. The molecular formula is C13H13BrN2O2. The quantitative estimate of drug-likeness (QED) is 0.945. The second kappa shape index (κ2) is 5.35. The number of hydrogen-bond acceptors (Lipinski definition) is 2. The minimum atomic E-state index is -0.831. The second-order valence-corrected chi connectivity index (χ2v) is 5.02. The third kappa shape index (κ3) is 2.79. The van der Waals surface area contributed by atoms with Crippen molar-refractivity contribution in [1.29, 1.82) is 0 Å². The van der Waals surface area contributed by atoms with Crippen LogP contribution in [0.4, 0.5) is 0 Å². The van der Waals surface area contributed by atoms with Gasteiger partial charge in [-0.2, -0.15) is 0 Å². The lowest BCUT2D eigenvalue weighted by molar-refractivity contribution is -0.137. The summed E-state index contributed by atoms with van der Waals surface area (Å²) in [6.07, 6.45) is 3.53. The van der Waals surface area contributed by atoms with Crippen molar-refractivity contribution in [3.63, 3.8) is 0 Å². The topological polar surface area (TPSA) is 55.1 Å². The Bertz CT molecular complexity index is 566. The number of aryl methyl sites for hydroxylation is 1. The van der Waals surface area contributed by atoms with Gasteiger partial charge in [0, 0.05) is 23.9 Å². The van der Waals surface area contributed by atoms with Crippen molar-refractivity contribution < 1.29 is 9.90 Å². The Morgan fingerprint density at radius 2 is 2.33 bits per heavy atom. The molecule has 0 aliphatic heterocycles. The summed E-state index contributed by atoms with van der Waals surface area (Å²) in [6.45, 7) is 0. The summed E-state index contributed by atoms with van der Waals surface area (Å²) in [7, 11) is 1.87. The number of nitrogens with zero attached hydrogens (tertiary/aromatic N) is 2. The third-order valence-corrected chi connectivity index (χ3v) is 3.29. The van der Waals surface area contributed by atoms with Crippen LogP contribution in [0, 0.1) is 0 Å². The van der Waals surface area contributed by atoms with E-state index in [-0.39, 0.29) is 12.3 Å². The van der Waals surface area contributed by atoms with Crippen LogP contribution in [0.1, 0.15) is 23.7 Å². The highest BCUT2D eigenvalue weighted by molar-refractivity contribution is 9.10. The molecule has 1 heterocycles. The average Bonchev–Trinajstić information content (AvgIpc) is 2.72. The first kappa shape index (κ1) is 12.8. The third-order valence-electron chi connectivity index (χ3n) is 2.80. The van der Waals surface area contributed by atoms with E-state index in [0.717, 1.165) is 15.9 Å². The molecule has 0 amide bonds. The SMILES string of the molecule is Cn1ccnc1C(CC(=O)O)c1cccc(Br)c1. The van der Waals surface area contributed by atoms with Gasteiger partial charge in [-0.1, -0.05) is 28.1 Å². The zero-order chi connectivity index (χ0) is 13.1. The molecule has 0 aliphatic rings.